The largest absolute Gasteiger partial charge is 0.504 e. The molecular weight excluding hydrogens is 402 g/mol. The number of likely N-dealkylation sites (tertiary alicyclic amines) is 1. The van der Waals surface area contributed by atoms with E-state index in [1.165, 1.54) is 31.5 Å². The quantitative estimate of drug-likeness (QED) is 0.605. The number of thiophene rings is 1. The van der Waals surface area contributed by atoms with E-state index < -0.39 is 0 Å². The molecule has 2 aromatic rings. The first-order valence-electron chi connectivity index (χ1n) is 10.5. The van der Waals surface area contributed by atoms with E-state index >= 15 is 0 Å². The van der Waals surface area contributed by atoms with Crippen molar-refractivity contribution in [2.24, 2.45) is 0 Å². The third-order valence-corrected chi connectivity index (χ3v) is 7.28. The van der Waals surface area contributed by atoms with E-state index in [1.807, 2.05) is 0 Å². The Morgan fingerprint density at radius 1 is 1.28 bits per heavy atom. The molecule has 4 rings (SSSR count). The summed E-state index contributed by atoms with van der Waals surface area (Å²) < 4.78 is 2.73. The van der Waals surface area contributed by atoms with Gasteiger partial charge in [-0.25, -0.2) is 4.98 Å². The van der Waals surface area contributed by atoms with Crippen LogP contribution in [0.15, 0.2) is 29.1 Å². The highest BCUT2D eigenvalue weighted by Crippen LogP contribution is 2.31. The molecule has 0 aliphatic carbocycles. The Kier molecular flexibility index (Phi) is 6.85. The standard InChI is InChI=1S/C21H31N5OS2/c1-2-18-14-25(21-20(27)11-17(23-28)12-22-21)8-9-26(18)19-3-6-24(7-4-19)13-16-5-10-29-15-16/h5,10-12,15,18-19,23,27-28H,2-4,6-9,13-14H2,1H3. The maximum atomic E-state index is 10.4. The van der Waals surface area contributed by atoms with Crippen LogP contribution in [0, 0.1) is 0 Å². The number of piperidine rings is 1. The van der Waals surface area contributed by atoms with Gasteiger partial charge < -0.3 is 14.7 Å². The summed E-state index contributed by atoms with van der Waals surface area (Å²) in [6, 6.07) is 5.09. The zero-order valence-electron chi connectivity index (χ0n) is 17.0. The number of nitrogens with zero attached hydrogens (tertiary/aromatic N) is 4. The van der Waals surface area contributed by atoms with E-state index in [0.717, 1.165) is 32.6 Å². The average molecular weight is 434 g/mol. The minimum Gasteiger partial charge on any atom is -0.504 e. The number of pyridine rings is 1. The lowest BCUT2D eigenvalue weighted by Gasteiger charge is -2.47. The number of thiol groups is 1. The number of anilines is 2. The summed E-state index contributed by atoms with van der Waals surface area (Å²) >= 11 is 5.81. The van der Waals surface area contributed by atoms with Crippen molar-refractivity contribution in [2.45, 2.75) is 44.8 Å². The molecular formula is C21H31N5OS2. The van der Waals surface area contributed by atoms with E-state index in [0.29, 0.717) is 23.6 Å². The number of hydrogen-bond acceptors (Lipinski definition) is 8. The Bertz CT molecular complexity index is 779. The third-order valence-electron chi connectivity index (χ3n) is 6.29. The third kappa shape index (κ3) is 4.82. The Balaban J connectivity index is 1.34. The number of aromatic nitrogens is 1. The Morgan fingerprint density at radius 3 is 2.76 bits per heavy atom. The highest BCUT2D eigenvalue weighted by Gasteiger charge is 2.34. The van der Waals surface area contributed by atoms with Gasteiger partial charge in [0.05, 0.1) is 11.9 Å². The summed E-state index contributed by atoms with van der Waals surface area (Å²) in [5.74, 6) is 0.898. The first kappa shape index (κ1) is 20.8. The number of hydrogen-bond donors (Lipinski definition) is 3. The van der Waals surface area contributed by atoms with Gasteiger partial charge in [-0.05, 0) is 54.7 Å². The summed E-state index contributed by atoms with van der Waals surface area (Å²) in [7, 11) is 0. The van der Waals surface area contributed by atoms with Gasteiger partial charge in [0.1, 0.15) is 0 Å². The molecule has 2 aliphatic heterocycles. The summed E-state index contributed by atoms with van der Waals surface area (Å²) in [6.07, 6.45) is 5.32. The van der Waals surface area contributed by atoms with Gasteiger partial charge in [-0.15, -0.1) is 0 Å². The normalized spacial score (nSPS) is 22.1. The smallest absolute Gasteiger partial charge is 0.171 e. The average Bonchev–Trinajstić information content (AvgIpc) is 3.27. The van der Waals surface area contributed by atoms with Gasteiger partial charge in [0.2, 0.25) is 0 Å². The molecule has 0 amide bonds. The lowest BCUT2D eigenvalue weighted by atomic mass is 9.98. The van der Waals surface area contributed by atoms with Crippen LogP contribution in [-0.4, -0.2) is 64.7 Å². The fourth-order valence-corrected chi connectivity index (χ4v) is 5.49. The van der Waals surface area contributed by atoms with Crippen LogP contribution in [0.3, 0.4) is 0 Å². The molecule has 4 heterocycles. The molecule has 2 aliphatic rings. The van der Waals surface area contributed by atoms with Crippen LogP contribution in [0.2, 0.25) is 0 Å². The maximum absolute atomic E-state index is 10.4. The van der Waals surface area contributed by atoms with Crippen molar-refractivity contribution in [3.05, 3.63) is 34.7 Å². The predicted octanol–water partition coefficient (Wildman–Crippen LogP) is 3.67. The van der Waals surface area contributed by atoms with Crippen molar-refractivity contribution in [2.75, 3.05) is 42.3 Å². The highest BCUT2D eigenvalue weighted by molar-refractivity contribution is 7.81. The zero-order chi connectivity index (χ0) is 20.2. The molecule has 0 bridgehead atoms. The van der Waals surface area contributed by atoms with Crippen LogP contribution < -0.4 is 9.62 Å². The SMILES string of the molecule is CCC1CN(c2ncc(NS)cc2O)CCN1C1CCN(Cc2ccsc2)CC1. The summed E-state index contributed by atoms with van der Waals surface area (Å²) in [6.45, 7) is 8.56. The van der Waals surface area contributed by atoms with Crippen LogP contribution >= 0.6 is 24.2 Å². The van der Waals surface area contributed by atoms with Gasteiger partial charge in [-0.2, -0.15) is 11.3 Å². The fourth-order valence-electron chi connectivity index (χ4n) is 4.71. The number of rotatable bonds is 6. The fraction of sp³-hybridized carbons (Fsp3) is 0.571. The Labute approximate surface area is 183 Å². The second kappa shape index (κ2) is 9.55. The monoisotopic (exact) mass is 433 g/mol. The molecule has 2 N–H and O–H groups in total. The molecule has 2 aromatic heterocycles. The van der Waals surface area contributed by atoms with Crippen molar-refractivity contribution in [1.29, 1.82) is 0 Å². The van der Waals surface area contributed by atoms with E-state index in [2.05, 4.69) is 61.0 Å². The molecule has 6 nitrogen and oxygen atoms in total. The predicted molar refractivity (Wildman–Crippen MR) is 124 cm³/mol. The molecule has 0 spiro atoms. The van der Waals surface area contributed by atoms with E-state index in [-0.39, 0.29) is 5.75 Å². The molecule has 0 radical (unpaired) electrons. The first-order chi connectivity index (χ1) is 14.2. The van der Waals surface area contributed by atoms with Crippen LogP contribution in [0.1, 0.15) is 31.7 Å². The Hall–Kier alpha value is -1.48. The van der Waals surface area contributed by atoms with Crippen molar-refractivity contribution < 1.29 is 5.11 Å². The van der Waals surface area contributed by atoms with Crippen molar-refractivity contribution in [3.63, 3.8) is 0 Å². The maximum Gasteiger partial charge on any atom is 0.171 e. The van der Waals surface area contributed by atoms with Gasteiger partial charge in [-0.3, -0.25) is 9.80 Å². The lowest BCUT2D eigenvalue weighted by molar-refractivity contribution is 0.0610. The van der Waals surface area contributed by atoms with E-state index in [4.69, 9.17) is 0 Å². The summed E-state index contributed by atoms with van der Waals surface area (Å²) in [5, 5.41) is 14.8. The molecule has 0 aromatic carbocycles. The van der Waals surface area contributed by atoms with Crippen LogP contribution in [0.5, 0.6) is 5.75 Å². The molecule has 2 saturated heterocycles. The first-order valence-corrected chi connectivity index (χ1v) is 11.9. The molecule has 1 atom stereocenters. The van der Waals surface area contributed by atoms with Gasteiger partial charge >= 0.3 is 0 Å². The van der Waals surface area contributed by atoms with Crippen molar-refractivity contribution >= 4 is 35.7 Å². The number of aromatic hydroxyl groups is 1. The molecule has 0 saturated carbocycles. The molecule has 29 heavy (non-hydrogen) atoms. The molecule has 1 unspecified atom stereocenters. The Morgan fingerprint density at radius 2 is 2.10 bits per heavy atom. The van der Waals surface area contributed by atoms with E-state index in [9.17, 15) is 5.11 Å². The summed E-state index contributed by atoms with van der Waals surface area (Å²) in [4.78, 5) is 12.0. The zero-order valence-corrected chi connectivity index (χ0v) is 18.7. The minimum atomic E-state index is 0.217. The second-order valence-electron chi connectivity index (χ2n) is 8.06. The lowest BCUT2D eigenvalue weighted by Crippen LogP contribution is -2.58. The van der Waals surface area contributed by atoms with Crippen LogP contribution in [-0.2, 0) is 6.54 Å². The number of piperazine rings is 1. The van der Waals surface area contributed by atoms with Crippen LogP contribution in [0.25, 0.3) is 0 Å². The van der Waals surface area contributed by atoms with E-state index in [1.54, 1.807) is 23.6 Å². The summed E-state index contributed by atoms with van der Waals surface area (Å²) in [5.41, 5.74) is 2.15. The molecule has 8 heteroatoms. The minimum absolute atomic E-state index is 0.217. The topological polar surface area (TPSA) is 54.9 Å². The van der Waals surface area contributed by atoms with Crippen molar-refractivity contribution in [3.8, 4) is 5.75 Å². The number of nitrogens with one attached hydrogen (secondary N) is 1. The van der Waals surface area contributed by atoms with Gasteiger partial charge in [0.15, 0.2) is 11.6 Å². The van der Waals surface area contributed by atoms with Gasteiger partial charge in [-0.1, -0.05) is 19.7 Å². The molecule has 158 valence electrons. The van der Waals surface area contributed by atoms with Crippen molar-refractivity contribution in [1.82, 2.24) is 14.8 Å². The van der Waals surface area contributed by atoms with Crippen LogP contribution in [0.4, 0.5) is 11.5 Å². The van der Waals surface area contributed by atoms with Gasteiger partial charge in [0, 0.05) is 44.3 Å². The molecule has 2 fully saturated rings. The highest BCUT2D eigenvalue weighted by atomic mass is 32.1. The second-order valence-corrected chi connectivity index (χ2v) is 9.07. The van der Waals surface area contributed by atoms with Gasteiger partial charge in [0.25, 0.3) is 0 Å².